The molecule has 1 aromatic heterocycles. The number of piperidine rings is 1. The third kappa shape index (κ3) is 1.99. The van der Waals surface area contributed by atoms with Crippen LogP contribution in [0.15, 0.2) is 0 Å². The van der Waals surface area contributed by atoms with Crippen LogP contribution in [0.25, 0.3) is 0 Å². The van der Waals surface area contributed by atoms with E-state index in [9.17, 15) is 0 Å². The summed E-state index contributed by atoms with van der Waals surface area (Å²) in [7, 11) is 0. The number of rotatable bonds is 2. The molecule has 0 saturated carbocycles. The maximum absolute atomic E-state index is 4.49. The fourth-order valence-electron chi connectivity index (χ4n) is 3.24. The van der Waals surface area contributed by atoms with Gasteiger partial charge in [0, 0.05) is 13.0 Å². The molecule has 94 valence electrons. The fourth-order valence-corrected chi connectivity index (χ4v) is 3.24. The lowest BCUT2D eigenvalue weighted by atomic mass is 10.0. The molecule has 2 aliphatic rings. The molecule has 0 aromatic carbocycles. The summed E-state index contributed by atoms with van der Waals surface area (Å²) in [4.78, 5) is 2.56. The first-order valence-electron chi connectivity index (χ1n) is 7.06. The van der Waals surface area contributed by atoms with Crippen molar-refractivity contribution in [2.24, 2.45) is 0 Å². The Kier molecular flexibility index (Phi) is 3.14. The van der Waals surface area contributed by atoms with E-state index in [1.54, 1.807) is 0 Å². The molecule has 1 atom stereocenters. The summed E-state index contributed by atoms with van der Waals surface area (Å²) in [5, 5.41) is 8.88. The van der Waals surface area contributed by atoms with Gasteiger partial charge in [0.05, 0.1) is 6.04 Å². The first kappa shape index (κ1) is 11.2. The zero-order chi connectivity index (χ0) is 11.7. The van der Waals surface area contributed by atoms with Crippen molar-refractivity contribution in [1.82, 2.24) is 19.7 Å². The zero-order valence-electron chi connectivity index (χ0n) is 10.7. The Morgan fingerprint density at radius 1 is 1.12 bits per heavy atom. The molecule has 1 unspecified atom stereocenters. The Hall–Kier alpha value is -0.900. The van der Waals surface area contributed by atoms with Crippen molar-refractivity contribution in [3.8, 4) is 0 Å². The van der Waals surface area contributed by atoms with Gasteiger partial charge in [0.25, 0.3) is 0 Å². The summed E-state index contributed by atoms with van der Waals surface area (Å²) in [5.41, 5.74) is 0. The summed E-state index contributed by atoms with van der Waals surface area (Å²) in [5.74, 6) is 2.45. The molecule has 1 saturated heterocycles. The van der Waals surface area contributed by atoms with Gasteiger partial charge in [-0.3, -0.25) is 4.90 Å². The van der Waals surface area contributed by atoms with Gasteiger partial charge >= 0.3 is 0 Å². The van der Waals surface area contributed by atoms with E-state index in [0.717, 1.165) is 19.5 Å². The Labute approximate surface area is 103 Å². The van der Waals surface area contributed by atoms with Gasteiger partial charge in [-0.1, -0.05) is 13.3 Å². The second kappa shape index (κ2) is 4.77. The number of aryl methyl sites for hydroxylation is 1. The van der Waals surface area contributed by atoms with E-state index >= 15 is 0 Å². The van der Waals surface area contributed by atoms with Gasteiger partial charge in [-0.25, -0.2) is 0 Å². The summed E-state index contributed by atoms with van der Waals surface area (Å²) >= 11 is 0. The van der Waals surface area contributed by atoms with Gasteiger partial charge in [0.15, 0.2) is 0 Å². The molecule has 3 rings (SSSR count). The highest BCUT2D eigenvalue weighted by Crippen LogP contribution is 2.31. The molecular weight excluding hydrogens is 212 g/mol. The van der Waals surface area contributed by atoms with E-state index in [2.05, 4.69) is 26.6 Å². The number of nitrogens with zero attached hydrogens (tertiary/aromatic N) is 4. The van der Waals surface area contributed by atoms with Gasteiger partial charge in [0.1, 0.15) is 11.6 Å². The Morgan fingerprint density at radius 3 is 2.88 bits per heavy atom. The second-order valence-corrected chi connectivity index (χ2v) is 5.22. The Balaban J connectivity index is 1.89. The number of likely N-dealkylation sites (tertiary alicyclic amines) is 1. The van der Waals surface area contributed by atoms with E-state index in [0.29, 0.717) is 6.04 Å². The number of hydrogen-bond acceptors (Lipinski definition) is 3. The molecule has 0 spiro atoms. The van der Waals surface area contributed by atoms with Crippen molar-refractivity contribution in [2.75, 3.05) is 13.1 Å². The zero-order valence-corrected chi connectivity index (χ0v) is 10.7. The second-order valence-electron chi connectivity index (χ2n) is 5.22. The highest BCUT2D eigenvalue weighted by atomic mass is 15.3. The lowest BCUT2D eigenvalue weighted by molar-refractivity contribution is 0.145. The van der Waals surface area contributed by atoms with Crippen LogP contribution in [0.2, 0.25) is 0 Å². The first-order chi connectivity index (χ1) is 8.40. The average Bonchev–Trinajstić information content (AvgIpc) is 2.82. The minimum atomic E-state index is 0.521. The van der Waals surface area contributed by atoms with Crippen LogP contribution in [0.5, 0.6) is 0 Å². The van der Waals surface area contributed by atoms with Crippen molar-refractivity contribution in [3.63, 3.8) is 0 Å². The van der Waals surface area contributed by atoms with Crippen molar-refractivity contribution in [2.45, 2.75) is 58.0 Å². The van der Waals surface area contributed by atoms with Crippen LogP contribution in [0.4, 0.5) is 0 Å². The van der Waals surface area contributed by atoms with Crippen LogP contribution in [0.3, 0.4) is 0 Å². The van der Waals surface area contributed by atoms with Crippen molar-refractivity contribution < 1.29 is 0 Å². The lowest BCUT2D eigenvalue weighted by Crippen LogP contribution is -2.35. The van der Waals surface area contributed by atoms with E-state index in [1.807, 2.05) is 0 Å². The standard InChI is InChI=1S/C13H22N4/c1-2-16-9-5-3-7-11(16)13-15-14-12-8-4-6-10-17(12)13/h11H,2-10H2,1H3. The molecule has 0 bridgehead atoms. The van der Waals surface area contributed by atoms with Crippen molar-refractivity contribution >= 4 is 0 Å². The summed E-state index contributed by atoms with van der Waals surface area (Å²) < 4.78 is 2.39. The molecule has 1 aromatic rings. The van der Waals surface area contributed by atoms with E-state index < -0.39 is 0 Å². The van der Waals surface area contributed by atoms with E-state index in [4.69, 9.17) is 0 Å². The molecule has 17 heavy (non-hydrogen) atoms. The highest BCUT2D eigenvalue weighted by Gasteiger charge is 2.28. The quantitative estimate of drug-likeness (QED) is 0.786. The molecular formula is C13H22N4. The topological polar surface area (TPSA) is 34.0 Å². The molecule has 1 fully saturated rings. The van der Waals surface area contributed by atoms with Crippen LogP contribution >= 0.6 is 0 Å². The Bertz CT molecular complexity index is 385. The predicted octanol–water partition coefficient (Wildman–Crippen LogP) is 2.16. The maximum atomic E-state index is 4.49. The number of aromatic nitrogens is 3. The lowest BCUT2D eigenvalue weighted by Gasteiger charge is -2.34. The van der Waals surface area contributed by atoms with Gasteiger partial charge in [-0.15, -0.1) is 10.2 Å². The van der Waals surface area contributed by atoms with Crippen molar-refractivity contribution in [3.05, 3.63) is 11.6 Å². The maximum Gasteiger partial charge on any atom is 0.150 e. The molecule has 2 aliphatic heterocycles. The predicted molar refractivity (Wildman–Crippen MR) is 66.8 cm³/mol. The summed E-state index contributed by atoms with van der Waals surface area (Å²) in [6, 6.07) is 0.521. The van der Waals surface area contributed by atoms with E-state index in [1.165, 1.54) is 50.3 Å². The molecule has 0 N–H and O–H groups in total. The SMILES string of the molecule is CCN1CCCCC1c1nnc2n1CCCC2. The van der Waals surface area contributed by atoms with Gasteiger partial charge < -0.3 is 4.57 Å². The summed E-state index contributed by atoms with van der Waals surface area (Å²) in [6.45, 7) is 5.74. The van der Waals surface area contributed by atoms with Gasteiger partial charge in [0.2, 0.25) is 0 Å². The molecule has 3 heterocycles. The van der Waals surface area contributed by atoms with Crippen LogP contribution in [0.1, 0.15) is 56.7 Å². The first-order valence-corrected chi connectivity index (χ1v) is 7.06. The van der Waals surface area contributed by atoms with Crippen LogP contribution < -0.4 is 0 Å². The van der Waals surface area contributed by atoms with Gasteiger partial charge in [-0.2, -0.15) is 0 Å². The van der Waals surface area contributed by atoms with Crippen LogP contribution in [0, 0.1) is 0 Å². The van der Waals surface area contributed by atoms with E-state index in [-0.39, 0.29) is 0 Å². The average molecular weight is 234 g/mol. The third-order valence-electron chi connectivity index (χ3n) is 4.21. The molecule has 0 radical (unpaired) electrons. The van der Waals surface area contributed by atoms with Crippen LogP contribution in [-0.4, -0.2) is 32.8 Å². The Morgan fingerprint density at radius 2 is 2.00 bits per heavy atom. The molecule has 4 heteroatoms. The number of fused-ring (bicyclic) bond motifs is 1. The van der Waals surface area contributed by atoms with Crippen molar-refractivity contribution in [1.29, 1.82) is 0 Å². The van der Waals surface area contributed by atoms with Gasteiger partial charge in [-0.05, 0) is 38.8 Å². The monoisotopic (exact) mass is 234 g/mol. The van der Waals surface area contributed by atoms with Crippen LogP contribution in [-0.2, 0) is 13.0 Å². The smallest absolute Gasteiger partial charge is 0.150 e. The third-order valence-corrected chi connectivity index (χ3v) is 4.21. The molecule has 4 nitrogen and oxygen atoms in total. The number of hydrogen-bond donors (Lipinski definition) is 0. The summed E-state index contributed by atoms with van der Waals surface area (Å²) in [6.07, 6.45) is 7.61. The minimum absolute atomic E-state index is 0.521. The highest BCUT2D eigenvalue weighted by molar-refractivity contribution is 5.05. The normalized spacial score (nSPS) is 25.8. The largest absolute Gasteiger partial charge is 0.314 e. The fraction of sp³-hybridized carbons (Fsp3) is 0.846. The molecule has 0 aliphatic carbocycles. The molecule has 0 amide bonds. The minimum Gasteiger partial charge on any atom is -0.314 e.